The van der Waals surface area contributed by atoms with Crippen LogP contribution in [0.1, 0.15) is 30.7 Å². The molecule has 1 saturated heterocycles. The lowest BCUT2D eigenvalue weighted by Gasteiger charge is -2.32. The van der Waals surface area contributed by atoms with Crippen LogP contribution in [0.25, 0.3) is 0 Å². The van der Waals surface area contributed by atoms with Gasteiger partial charge in [0.15, 0.2) is 5.96 Å². The molecule has 1 aromatic carbocycles. The van der Waals surface area contributed by atoms with E-state index in [4.69, 9.17) is 11.6 Å². The number of benzene rings is 1. The molecule has 2 atom stereocenters. The van der Waals surface area contributed by atoms with Crippen molar-refractivity contribution in [2.24, 2.45) is 4.99 Å². The van der Waals surface area contributed by atoms with Crippen LogP contribution in [0.5, 0.6) is 0 Å². The summed E-state index contributed by atoms with van der Waals surface area (Å²) in [5.74, 6) is 1.45. The molecule has 0 bridgehead atoms. The first kappa shape index (κ1) is 19.0. The van der Waals surface area contributed by atoms with Crippen LogP contribution in [0, 0.1) is 0 Å². The van der Waals surface area contributed by atoms with Crippen molar-refractivity contribution in [3.05, 3.63) is 34.9 Å². The zero-order valence-electron chi connectivity index (χ0n) is 15.5. The molecule has 3 rings (SSSR count). The summed E-state index contributed by atoms with van der Waals surface area (Å²) in [6, 6.07) is 8.90. The molecule has 1 aliphatic carbocycles. The minimum atomic E-state index is 0.0784. The van der Waals surface area contributed by atoms with Crippen molar-refractivity contribution < 1.29 is 4.79 Å². The van der Waals surface area contributed by atoms with Crippen molar-refractivity contribution in [3.8, 4) is 0 Å². The molecule has 0 spiro atoms. The van der Waals surface area contributed by atoms with Crippen molar-refractivity contribution in [2.75, 3.05) is 33.7 Å². The van der Waals surface area contributed by atoms with Crippen molar-refractivity contribution in [1.82, 2.24) is 20.9 Å². The Kier molecular flexibility index (Phi) is 6.38. The standard InChI is InChI=1S/C19H28ClN5O/c1-21-18(26)12-25-8-6-15(7-9-25)23-19(22-2)24-17-11-16(17)13-4-3-5-14(20)10-13/h3-5,10,15-17H,6-9,11-12H2,1-2H3,(H,21,26)(H2,22,23,24). The van der Waals surface area contributed by atoms with E-state index >= 15 is 0 Å². The highest BCUT2D eigenvalue weighted by molar-refractivity contribution is 6.30. The van der Waals surface area contributed by atoms with Gasteiger partial charge in [0.05, 0.1) is 6.54 Å². The van der Waals surface area contributed by atoms with Gasteiger partial charge < -0.3 is 16.0 Å². The van der Waals surface area contributed by atoms with Gasteiger partial charge in [-0.05, 0) is 37.0 Å². The SMILES string of the molecule is CN=C(NC1CCN(CC(=O)NC)CC1)NC1CC1c1cccc(Cl)c1. The predicted octanol–water partition coefficient (Wildman–Crippen LogP) is 1.57. The second-order valence-electron chi connectivity index (χ2n) is 7.09. The van der Waals surface area contributed by atoms with Gasteiger partial charge in [-0.3, -0.25) is 14.7 Å². The molecule has 1 amide bonds. The Labute approximate surface area is 160 Å². The Morgan fingerprint density at radius 1 is 1.31 bits per heavy atom. The van der Waals surface area contributed by atoms with Gasteiger partial charge in [0.25, 0.3) is 0 Å². The summed E-state index contributed by atoms with van der Waals surface area (Å²) < 4.78 is 0. The fourth-order valence-corrected chi connectivity index (χ4v) is 3.72. The maximum absolute atomic E-state index is 11.5. The zero-order valence-corrected chi connectivity index (χ0v) is 16.2. The lowest BCUT2D eigenvalue weighted by atomic mass is 10.1. The maximum Gasteiger partial charge on any atom is 0.233 e. The number of hydrogen-bond donors (Lipinski definition) is 3. The minimum absolute atomic E-state index is 0.0784. The van der Waals surface area contributed by atoms with Crippen LogP contribution in [0.2, 0.25) is 5.02 Å². The number of nitrogens with zero attached hydrogens (tertiary/aromatic N) is 2. The normalized spacial score (nSPS) is 24.2. The molecular weight excluding hydrogens is 350 g/mol. The molecule has 1 aliphatic heterocycles. The number of halogens is 1. The number of likely N-dealkylation sites (N-methyl/N-ethyl adjacent to an activating group) is 1. The quantitative estimate of drug-likeness (QED) is 0.538. The number of carbonyl (C=O) groups excluding carboxylic acids is 1. The fraction of sp³-hybridized carbons (Fsp3) is 0.579. The van der Waals surface area contributed by atoms with Gasteiger partial charge in [0, 0.05) is 50.2 Å². The number of carbonyl (C=O) groups is 1. The molecule has 1 heterocycles. The van der Waals surface area contributed by atoms with Gasteiger partial charge in [-0.15, -0.1) is 0 Å². The summed E-state index contributed by atoms with van der Waals surface area (Å²) in [6.07, 6.45) is 3.13. The second kappa shape index (κ2) is 8.73. The van der Waals surface area contributed by atoms with Crippen molar-refractivity contribution in [2.45, 2.75) is 37.3 Å². The van der Waals surface area contributed by atoms with E-state index in [1.807, 2.05) is 25.2 Å². The predicted molar refractivity (Wildman–Crippen MR) is 106 cm³/mol. The highest BCUT2D eigenvalue weighted by Gasteiger charge is 2.39. The van der Waals surface area contributed by atoms with Crippen molar-refractivity contribution in [1.29, 1.82) is 0 Å². The first-order valence-electron chi connectivity index (χ1n) is 9.27. The summed E-state index contributed by atoms with van der Waals surface area (Å²) in [5.41, 5.74) is 1.29. The number of rotatable bonds is 5. The summed E-state index contributed by atoms with van der Waals surface area (Å²) in [4.78, 5) is 18.1. The Morgan fingerprint density at radius 2 is 2.08 bits per heavy atom. The number of amides is 1. The Bertz CT molecular complexity index is 657. The number of likely N-dealkylation sites (tertiary alicyclic amines) is 1. The Balaban J connectivity index is 1.43. The Hall–Kier alpha value is -1.79. The van der Waals surface area contributed by atoms with Crippen molar-refractivity contribution >= 4 is 23.5 Å². The van der Waals surface area contributed by atoms with Gasteiger partial charge >= 0.3 is 0 Å². The molecule has 0 radical (unpaired) electrons. The van der Waals surface area contributed by atoms with Gasteiger partial charge in [-0.2, -0.15) is 0 Å². The lowest BCUT2D eigenvalue weighted by molar-refractivity contribution is -0.122. The summed E-state index contributed by atoms with van der Waals surface area (Å²) >= 11 is 6.09. The van der Waals surface area contributed by atoms with Gasteiger partial charge in [0.2, 0.25) is 5.91 Å². The third-order valence-electron chi connectivity index (χ3n) is 5.19. The summed E-state index contributed by atoms with van der Waals surface area (Å²) in [7, 11) is 3.49. The number of nitrogens with one attached hydrogen (secondary N) is 3. The highest BCUT2D eigenvalue weighted by atomic mass is 35.5. The molecule has 7 heteroatoms. The molecule has 2 unspecified atom stereocenters. The highest BCUT2D eigenvalue weighted by Crippen LogP contribution is 2.41. The van der Waals surface area contributed by atoms with Crippen molar-refractivity contribution in [3.63, 3.8) is 0 Å². The summed E-state index contributed by atoms with van der Waals surface area (Å²) in [5, 5.41) is 10.5. The minimum Gasteiger partial charge on any atom is -0.358 e. The van der Waals surface area contributed by atoms with E-state index < -0.39 is 0 Å². The molecule has 2 aliphatic rings. The fourth-order valence-electron chi connectivity index (χ4n) is 3.52. The zero-order chi connectivity index (χ0) is 18.5. The van der Waals surface area contributed by atoms with Crippen LogP contribution in [0.4, 0.5) is 0 Å². The van der Waals surface area contributed by atoms with E-state index in [1.54, 1.807) is 7.05 Å². The number of guanidine groups is 1. The van der Waals surface area contributed by atoms with Crippen LogP contribution in [0.15, 0.2) is 29.3 Å². The first-order chi connectivity index (χ1) is 12.6. The number of aliphatic imine (C=N–C) groups is 1. The summed E-state index contributed by atoms with van der Waals surface area (Å²) in [6.45, 7) is 2.34. The lowest BCUT2D eigenvalue weighted by Crippen LogP contribution is -2.50. The average molecular weight is 378 g/mol. The van der Waals surface area contributed by atoms with E-state index in [0.717, 1.165) is 43.3 Å². The topological polar surface area (TPSA) is 68.8 Å². The third kappa shape index (κ3) is 5.11. The Morgan fingerprint density at radius 3 is 2.73 bits per heavy atom. The molecule has 1 saturated carbocycles. The molecule has 0 aromatic heterocycles. The molecule has 2 fully saturated rings. The van der Waals surface area contributed by atoms with E-state index in [2.05, 4.69) is 31.9 Å². The van der Waals surface area contributed by atoms with Gasteiger partial charge in [-0.1, -0.05) is 23.7 Å². The second-order valence-corrected chi connectivity index (χ2v) is 7.52. The van der Waals surface area contributed by atoms with Crippen LogP contribution in [-0.2, 0) is 4.79 Å². The monoisotopic (exact) mass is 377 g/mol. The van der Waals surface area contributed by atoms with E-state index in [0.29, 0.717) is 24.5 Å². The smallest absolute Gasteiger partial charge is 0.233 e. The van der Waals surface area contributed by atoms with Crippen LogP contribution >= 0.6 is 11.6 Å². The molecule has 142 valence electrons. The third-order valence-corrected chi connectivity index (χ3v) is 5.42. The van der Waals surface area contributed by atoms with Crippen LogP contribution in [0.3, 0.4) is 0 Å². The van der Waals surface area contributed by atoms with Crippen LogP contribution in [-0.4, -0.2) is 62.6 Å². The molecule has 1 aromatic rings. The molecular formula is C19H28ClN5O. The average Bonchev–Trinajstić information content (AvgIpc) is 3.42. The molecule has 6 nitrogen and oxygen atoms in total. The first-order valence-corrected chi connectivity index (χ1v) is 9.65. The number of piperidine rings is 1. The number of hydrogen-bond acceptors (Lipinski definition) is 3. The van der Waals surface area contributed by atoms with Gasteiger partial charge in [-0.25, -0.2) is 0 Å². The molecule has 3 N–H and O–H groups in total. The van der Waals surface area contributed by atoms with Gasteiger partial charge in [0.1, 0.15) is 0 Å². The van der Waals surface area contributed by atoms with Crippen LogP contribution < -0.4 is 16.0 Å². The van der Waals surface area contributed by atoms with E-state index in [-0.39, 0.29) is 5.91 Å². The van der Waals surface area contributed by atoms with E-state index in [1.165, 1.54) is 5.56 Å². The van der Waals surface area contributed by atoms with E-state index in [9.17, 15) is 4.79 Å². The molecule has 26 heavy (non-hydrogen) atoms. The largest absolute Gasteiger partial charge is 0.358 e. The maximum atomic E-state index is 11.5.